The Bertz CT molecular complexity index is 1610. The topological polar surface area (TPSA) is 71.8 Å². The predicted octanol–water partition coefficient (Wildman–Crippen LogP) is 6.50. The molecule has 0 bridgehead atoms. The third-order valence-electron chi connectivity index (χ3n) is 6.11. The van der Waals surface area contributed by atoms with Crippen molar-refractivity contribution in [1.82, 2.24) is 9.55 Å². The highest BCUT2D eigenvalue weighted by Gasteiger charge is 2.24. The van der Waals surface area contributed by atoms with E-state index in [2.05, 4.69) is 16.7 Å². The third-order valence-corrected chi connectivity index (χ3v) is 7.16. The number of rotatable bonds is 7. The van der Waals surface area contributed by atoms with Gasteiger partial charge in [0.15, 0.2) is 16.7 Å². The Kier molecular flexibility index (Phi) is 6.67. The first-order valence-corrected chi connectivity index (χ1v) is 12.4. The van der Waals surface area contributed by atoms with Gasteiger partial charge in [-0.15, -0.1) is 0 Å². The van der Waals surface area contributed by atoms with Gasteiger partial charge in [0, 0.05) is 29.8 Å². The zero-order valence-electron chi connectivity index (χ0n) is 21.2. The second-order valence-electron chi connectivity index (χ2n) is 8.35. The summed E-state index contributed by atoms with van der Waals surface area (Å²) in [7, 11) is 6.73. The number of hydrogen-bond acceptors (Lipinski definition) is 7. The van der Waals surface area contributed by atoms with Crippen LogP contribution in [0.4, 0.5) is 0 Å². The number of fused-ring (bicyclic) bond motifs is 2. The number of carbonyl (C=O) groups excluding carboxylic acids is 1. The monoisotopic (exact) mass is 514 g/mol. The van der Waals surface area contributed by atoms with Gasteiger partial charge < -0.3 is 23.5 Å². The van der Waals surface area contributed by atoms with E-state index >= 15 is 0 Å². The lowest BCUT2D eigenvalue weighted by Gasteiger charge is -2.18. The summed E-state index contributed by atoms with van der Waals surface area (Å²) in [5.41, 5.74) is 3.59. The number of methoxy groups -OCH3 is 3. The summed E-state index contributed by atoms with van der Waals surface area (Å²) in [4.78, 5) is 18.2. The number of ether oxygens (including phenoxy) is 4. The van der Waals surface area contributed by atoms with E-state index in [9.17, 15) is 4.79 Å². The Hall–Kier alpha value is -4.17. The molecule has 0 aliphatic carbocycles. The van der Waals surface area contributed by atoms with Crippen LogP contribution in [0.2, 0.25) is 0 Å². The van der Waals surface area contributed by atoms with E-state index in [1.807, 2.05) is 61.6 Å². The van der Waals surface area contributed by atoms with E-state index in [-0.39, 0.29) is 0 Å². The van der Waals surface area contributed by atoms with Crippen LogP contribution >= 0.6 is 11.8 Å². The molecular weight excluding hydrogens is 488 g/mol. The van der Waals surface area contributed by atoms with Crippen molar-refractivity contribution < 1.29 is 23.7 Å². The van der Waals surface area contributed by atoms with Gasteiger partial charge in [0.2, 0.25) is 5.75 Å². The Morgan fingerprint density at radius 3 is 2.22 bits per heavy atom. The molecule has 1 aromatic heterocycles. The Morgan fingerprint density at radius 2 is 1.59 bits per heavy atom. The van der Waals surface area contributed by atoms with Gasteiger partial charge in [-0.25, -0.2) is 4.98 Å². The average Bonchev–Trinajstić information content (AvgIpc) is 3.22. The number of aromatic nitrogens is 2. The minimum atomic E-state index is -0.458. The van der Waals surface area contributed by atoms with Crippen molar-refractivity contribution in [3.05, 3.63) is 66.7 Å². The molecule has 0 atom stereocenters. The maximum absolute atomic E-state index is 12.1. The molecule has 0 aliphatic heterocycles. The number of imidazole rings is 1. The molecule has 0 spiro atoms. The average molecular weight is 515 g/mol. The van der Waals surface area contributed by atoms with E-state index in [1.165, 1.54) is 14.0 Å². The first-order chi connectivity index (χ1) is 17.9. The van der Waals surface area contributed by atoms with E-state index < -0.39 is 5.97 Å². The van der Waals surface area contributed by atoms with Gasteiger partial charge in [0.25, 0.3) is 0 Å². The van der Waals surface area contributed by atoms with Crippen molar-refractivity contribution in [1.29, 1.82) is 0 Å². The molecule has 0 saturated carbocycles. The summed E-state index contributed by atoms with van der Waals surface area (Å²) in [5, 5.41) is 2.37. The number of aryl methyl sites for hydroxylation is 1. The number of nitrogens with zero attached hydrogens (tertiary/aromatic N) is 2. The van der Waals surface area contributed by atoms with Gasteiger partial charge >= 0.3 is 5.97 Å². The SMILES string of the molecule is COc1ccc(-c2c3cc(OC)c(OC)c(OC(C)=O)c3cc3nc(Sc4ccccc4)n(C)c23)cc1. The maximum atomic E-state index is 12.1. The quantitative estimate of drug-likeness (QED) is 0.181. The van der Waals surface area contributed by atoms with Crippen LogP contribution < -0.4 is 18.9 Å². The molecule has 0 unspecified atom stereocenters. The molecule has 0 radical (unpaired) electrons. The van der Waals surface area contributed by atoms with Gasteiger partial charge in [0.1, 0.15) is 5.75 Å². The predicted molar refractivity (Wildman–Crippen MR) is 145 cm³/mol. The third kappa shape index (κ3) is 4.44. The van der Waals surface area contributed by atoms with Crippen LogP contribution in [0, 0.1) is 0 Å². The molecule has 8 heteroatoms. The number of hydrogen-bond donors (Lipinski definition) is 0. The molecule has 5 rings (SSSR count). The zero-order chi connectivity index (χ0) is 26.1. The summed E-state index contributed by atoms with van der Waals surface area (Å²) in [5.74, 6) is 1.40. The van der Waals surface area contributed by atoms with Gasteiger partial charge in [-0.2, -0.15) is 0 Å². The van der Waals surface area contributed by atoms with Crippen LogP contribution in [0.3, 0.4) is 0 Å². The Morgan fingerprint density at radius 1 is 0.865 bits per heavy atom. The molecule has 0 amide bonds. The van der Waals surface area contributed by atoms with E-state index in [0.717, 1.165) is 43.3 Å². The lowest BCUT2D eigenvalue weighted by molar-refractivity contribution is -0.131. The molecule has 1 heterocycles. The van der Waals surface area contributed by atoms with Crippen molar-refractivity contribution >= 4 is 39.5 Å². The highest BCUT2D eigenvalue weighted by molar-refractivity contribution is 7.99. The standard InChI is InChI=1S/C29H26N2O5S/c1-17(32)36-27-22-15-23-26(31(2)29(30-23)37-20-9-7-6-8-10-20)25(18-11-13-19(33-3)14-12-18)21(22)16-24(34-4)28(27)35-5/h6-16H,1-5H3. The van der Waals surface area contributed by atoms with Gasteiger partial charge in [-0.1, -0.05) is 42.1 Å². The summed E-state index contributed by atoms with van der Waals surface area (Å²) in [6.07, 6.45) is 0. The van der Waals surface area contributed by atoms with E-state index in [1.54, 1.807) is 26.0 Å². The Labute approximate surface area is 218 Å². The zero-order valence-corrected chi connectivity index (χ0v) is 22.0. The summed E-state index contributed by atoms with van der Waals surface area (Å²) < 4.78 is 24.5. The molecule has 37 heavy (non-hydrogen) atoms. The first kappa shape index (κ1) is 24.5. The van der Waals surface area contributed by atoms with Crippen LogP contribution in [-0.4, -0.2) is 36.8 Å². The molecule has 188 valence electrons. The molecule has 0 fully saturated rings. The lowest BCUT2D eigenvalue weighted by atomic mass is 9.95. The van der Waals surface area contributed by atoms with Gasteiger partial charge in [0.05, 0.1) is 32.4 Å². The number of carbonyl (C=O) groups is 1. The normalized spacial score (nSPS) is 11.1. The van der Waals surface area contributed by atoms with Crippen molar-refractivity contribution in [2.75, 3.05) is 21.3 Å². The molecule has 5 aromatic rings. The second kappa shape index (κ2) is 10.1. The van der Waals surface area contributed by atoms with Crippen LogP contribution in [-0.2, 0) is 11.8 Å². The Balaban J connectivity index is 1.89. The molecule has 0 N–H and O–H groups in total. The fraction of sp³-hybridized carbons (Fsp3) is 0.172. The number of esters is 1. The molecule has 7 nitrogen and oxygen atoms in total. The summed E-state index contributed by atoms with van der Waals surface area (Å²) in [6.45, 7) is 1.36. The fourth-order valence-electron chi connectivity index (χ4n) is 4.47. The largest absolute Gasteiger partial charge is 0.497 e. The highest BCUT2D eigenvalue weighted by Crippen LogP contribution is 2.49. The van der Waals surface area contributed by atoms with Crippen molar-refractivity contribution in [2.45, 2.75) is 17.0 Å². The maximum Gasteiger partial charge on any atom is 0.308 e. The van der Waals surface area contributed by atoms with Crippen molar-refractivity contribution in [3.63, 3.8) is 0 Å². The number of benzene rings is 4. The molecule has 0 aliphatic rings. The minimum Gasteiger partial charge on any atom is -0.497 e. The first-order valence-electron chi connectivity index (χ1n) is 11.6. The van der Waals surface area contributed by atoms with Crippen LogP contribution in [0.25, 0.3) is 32.9 Å². The van der Waals surface area contributed by atoms with Gasteiger partial charge in [-0.05, 0) is 47.3 Å². The summed E-state index contributed by atoms with van der Waals surface area (Å²) in [6, 6.07) is 21.8. The lowest BCUT2D eigenvalue weighted by Crippen LogP contribution is -2.05. The molecular formula is C29H26N2O5S. The van der Waals surface area contributed by atoms with Crippen LogP contribution in [0.5, 0.6) is 23.0 Å². The summed E-state index contributed by atoms with van der Waals surface area (Å²) >= 11 is 1.58. The fourth-order valence-corrected chi connectivity index (χ4v) is 5.34. The van der Waals surface area contributed by atoms with Crippen LogP contribution in [0.15, 0.2) is 76.8 Å². The van der Waals surface area contributed by atoms with E-state index in [0.29, 0.717) is 22.6 Å². The van der Waals surface area contributed by atoms with E-state index in [4.69, 9.17) is 23.9 Å². The van der Waals surface area contributed by atoms with Crippen molar-refractivity contribution in [2.24, 2.45) is 7.05 Å². The van der Waals surface area contributed by atoms with Crippen molar-refractivity contribution in [3.8, 4) is 34.1 Å². The molecule has 4 aromatic carbocycles. The second-order valence-corrected chi connectivity index (χ2v) is 9.39. The van der Waals surface area contributed by atoms with Gasteiger partial charge in [-0.3, -0.25) is 4.79 Å². The smallest absolute Gasteiger partial charge is 0.308 e. The molecule has 0 saturated heterocycles. The highest BCUT2D eigenvalue weighted by atomic mass is 32.2. The minimum absolute atomic E-state index is 0.295. The van der Waals surface area contributed by atoms with Crippen LogP contribution in [0.1, 0.15) is 6.92 Å².